The molecule has 2 fully saturated rings. The maximum absolute atomic E-state index is 13.9. The molecule has 9 heteroatoms. The summed E-state index contributed by atoms with van der Waals surface area (Å²) < 4.78 is 40.5. The van der Waals surface area contributed by atoms with Crippen molar-refractivity contribution in [3.63, 3.8) is 0 Å². The van der Waals surface area contributed by atoms with Crippen LogP contribution in [0.25, 0.3) is 0 Å². The lowest BCUT2D eigenvalue weighted by atomic mass is 9.81. The molecule has 1 aliphatic heterocycles. The Bertz CT molecular complexity index is 532. The topological polar surface area (TPSA) is 97.3 Å². The quantitative estimate of drug-likeness (QED) is 0.524. The Morgan fingerprint density at radius 2 is 1.88 bits per heavy atom. The van der Waals surface area contributed by atoms with Crippen LogP contribution in [-0.2, 0) is 4.79 Å². The summed E-state index contributed by atoms with van der Waals surface area (Å²) in [6, 6.07) is -0.629. The monoisotopic (exact) mass is 361 g/mol. The smallest absolute Gasteiger partial charge is 0.224 e. The van der Waals surface area contributed by atoms with Gasteiger partial charge >= 0.3 is 0 Å². The van der Waals surface area contributed by atoms with Crippen molar-refractivity contribution < 1.29 is 18.0 Å². The Morgan fingerprint density at radius 3 is 2.48 bits per heavy atom. The van der Waals surface area contributed by atoms with Gasteiger partial charge in [-0.3, -0.25) is 15.6 Å². The Labute approximate surface area is 145 Å². The number of nitrogens with zero attached hydrogens (tertiary/aromatic N) is 2. The molecule has 1 saturated carbocycles. The molecule has 4 N–H and O–H groups in total. The molecular weight excluding hydrogens is 335 g/mol. The first-order valence-corrected chi connectivity index (χ1v) is 8.54. The van der Waals surface area contributed by atoms with Crippen LogP contribution in [0.1, 0.15) is 32.6 Å². The fraction of sp³-hybridized carbons (Fsp3) is 0.812. The third kappa shape index (κ3) is 4.93. The van der Waals surface area contributed by atoms with Crippen molar-refractivity contribution in [2.45, 2.75) is 57.2 Å². The van der Waals surface area contributed by atoms with E-state index >= 15 is 0 Å². The minimum atomic E-state index is -1.76. The van der Waals surface area contributed by atoms with E-state index in [1.54, 1.807) is 6.92 Å². The molecule has 25 heavy (non-hydrogen) atoms. The van der Waals surface area contributed by atoms with E-state index in [9.17, 15) is 18.0 Å². The van der Waals surface area contributed by atoms with Crippen molar-refractivity contribution in [2.24, 2.45) is 11.7 Å². The van der Waals surface area contributed by atoms with Gasteiger partial charge in [-0.05, 0) is 25.7 Å². The summed E-state index contributed by atoms with van der Waals surface area (Å²) in [5, 5.41) is 15.5. The SMILES string of the molecule is CC(=N)N1CCN(C(=O)CC(N)CC2CC(F)C(F)CC2F)CC1=N. The average Bonchev–Trinajstić information content (AvgIpc) is 2.52. The standard InChI is InChI=1S/C16H26F3N5O/c1-9(20)24-3-2-23(8-15(24)22)16(25)6-11(21)4-10-5-13(18)14(19)7-12(10)17/h10-14,20,22H,2-8,21H2,1H3. The summed E-state index contributed by atoms with van der Waals surface area (Å²) in [4.78, 5) is 15.3. The van der Waals surface area contributed by atoms with E-state index in [4.69, 9.17) is 16.6 Å². The van der Waals surface area contributed by atoms with E-state index in [0.29, 0.717) is 13.1 Å². The largest absolute Gasteiger partial charge is 0.333 e. The number of halogens is 3. The van der Waals surface area contributed by atoms with Crippen molar-refractivity contribution in [1.29, 1.82) is 10.8 Å². The lowest BCUT2D eigenvalue weighted by molar-refractivity contribution is -0.131. The van der Waals surface area contributed by atoms with Crippen LogP contribution in [0.4, 0.5) is 13.2 Å². The van der Waals surface area contributed by atoms with Gasteiger partial charge in [-0.25, -0.2) is 13.2 Å². The van der Waals surface area contributed by atoms with Crippen LogP contribution in [0.2, 0.25) is 0 Å². The van der Waals surface area contributed by atoms with Crippen molar-refractivity contribution in [3.05, 3.63) is 0 Å². The van der Waals surface area contributed by atoms with Crippen molar-refractivity contribution in [2.75, 3.05) is 19.6 Å². The Morgan fingerprint density at radius 1 is 1.24 bits per heavy atom. The Hall–Kier alpha value is -1.64. The zero-order chi connectivity index (χ0) is 18.7. The summed E-state index contributed by atoms with van der Waals surface area (Å²) in [5.41, 5.74) is 5.94. The van der Waals surface area contributed by atoms with E-state index in [2.05, 4.69) is 0 Å². The first kappa shape index (κ1) is 19.7. The van der Waals surface area contributed by atoms with Gasteiger partial charge in [-0.2, -0.15) is 0 Å². The minimum absolute atomic E-state index is 0.0178. The number of nitrogens with one attached hydrogen (secondary N) is 2. The van der Waals surface area contributed by atoms with Crippen LogP contribution in [0.5, 0.6) is 0 Å². The first-order valence-electron chi connectivity index (χ1n) is 8.54. The molecule has 0 aromatic heterocycles. The van der Waals surface area contributed by atoms with Gasteiger partial charge in [0.25, 0.3) is 0 Å². The molecule has 0 spiro atoms. The number of alkyl halides is 3. The van der Waals surface area contributed by atoms with Crippen LogP contribution in [0, 0.1) is 16.7 Å². The number of rotatable bonds is 4. The predicted octanol–water partition coefficient (Wildman–Crippen LogP) is 1.64. The predicted molar refractivity (Wildman–Crippen MR) is 89.0 cm³/mol. The highest BCUT2D eigenvalue weighted by molar-refractivity contribution is 5.99. The summed E-state index contributed by atoms with van der Waals surface area (Å²) in [6.45, 7) is 2.45. The van der Waals surface area contributed by atoms with Gasteiger partial charge in [0.15, 0.2) is 0 Å². The second kappa shape index (κ2) is 8.16. The van der Waals surface area contributed by atoms with E-state index in [0.717, 1.165) is 0 Å². The van der Waals surface area contributed by atoms with Crippen LogP contribution in [-0.4, -0.2) is 71.6 Å². The number of carbonyl (C=O) groups is 1. The molecule has 0 bridgehead atoms. The summed E-state index contributed by atoms with van der Waals surface area (Å²) in [6.07, 6.45) is -5.40. The van der Waals surface area contributed by atoms with E-state index < -0.39 is 36.9 Å². The highest BCUT2D eigenvalue weighted by atomic mass is 19.2. The minimum Gasteiger partial charge on any atom is -0.333 e. The number of carbonyl (C=O) groups excluding carboxylic acids is 1. The number of nitrogens with two attached hydrogens (primary N) is 1. The fourth-order valence-electron chi connectivity index (χ4n) is 3.49. The van der Waals surface area contributed by atoms with Crippen LogP contribution >= 0.6 is 0 Å². The zero-order valence-electron chi connectivity index (χ0n) is 14.4. The molecule has 5 atom stereocenters. The second-order valence-corrected chi connectivity index (χ2v) is 6.98. The summed E-state index contributed by atoms with van der Waals surface area (Å²) in [7, 11) is 0. The zero-order valence-corrected chi connectivity index (χ0v) is 14.4. The maximum Gasteiger partial charge on any atom is 0.224 e. The molecule has 5 unspecified atom stereocenters. The van der Waals surface area contributed by atoms with Gasteiger partial charge < -0.3 is 15.5 Å². The fourth-order valence-corrected chi connectivity index (χ4v) is 3.49. The number of piperazine rings is 1. The molecule has 1 amide bonds. The summed E-state index contributed by atoms with van der Waals surface area (Å²) >= 11 is 0. The highest BCUT2D eigenvalue weighted by Gasteiger charge is 2.38. The Balaban J connectivity index is 1.82. The normalized spacial score (nSPS) is 31.8. The number of hydrogen-bond donors (Lipinski definition) is 3. The van der Waals surface area contributed by atoms with Crippen molar-refractivity contribution in [3.8, 4) is 0 Å². The molecule has 1 heterocycles. The molecule has 1 aliphatic carbocycles. The van der Waals surface area contributed by atoms with Crippen LogP contribution in [0.3, 0.4) is 0 Å². The number of amidine groups is 2. The second-order valence-electron chi connectivity index (χ2n) is 6.98. The molecule has 6 nitrogen and oxygen atoms in total. The van der Waals surface area contributed by atoms with E-state index in [1.807, 2.05) is 0 Å². The highest BCUT2D eigenvalue weighted by Crippen LogP contribution is 2.34. The average molecular weight is 361 g/mol. The number of hydrogen-bond acceptors (Lipinski definition) is 4. The van der Waals surface area contributed by atoms with Gasteiger partial charge in [0.2, 0.25) is 5.91 Å². The molecule has 0 aromatic carbocycles. The lowest BCUT2D eigenvalue weighted by Crippen LogP contribution is -2.53. The first-order chi connectivity index (χ1) is 11.7. The van der Waals surface area contributed by atoms with Gasteiger partial charge in [-0.15, -0.1) is 0 Å². The van der Waals surface area contributed by atoms with E-state index in [-0.39, 0.29) is 43.4 Å². The molecule has 0 aromatic rings. The molecule has 2 aliphatic rings. The molecule has 142 valence electrons. The third-order valence-corrected chi connectivity index (χ3v) is 4.94. The molecular formula is C16H26F3N5O. The lowest BCUT2D eigenvalue weighted by Gasteiger charge is -2.36. The summed E-state index contributed by atoms with van der Waals surface area (Å²) in [5.74, 6) is -0.482. The van der Waals surface area contributed by atoms with Gasteiger partial charge in [0.1, 0.15) is 24.4 Å². The van der Waals surface area contributed by atoms with E-state index in [1.165, 1.54) is 9.80 Å². The maximum atomic E-state index is 13.9. The molecule has 1 saturated heterocycles. The van der Waals surface area contributed by atoms with Gasteiger partial charge in [-0.1, -0.05) is 0 Å². The van der Waals surface area contributed by atoms with Crippen LogP contribution in [0.15, 0.2) is 0 Å². The molecule has 0 radical (unpaired) electrons. The van der Waals surface area contributed by atoms with Gasteiger partial charge in [0.05, 0.1) is 12.4 Å². The third-order valence-electron chi connectivity index (χ3n) is 4.94. The van der Waals surface area contributed by atoms with Gasteiger partial charge in [0, 0.05) is 32.0 Å². The molecule has 2 rings (SSSR count). The van der Waals surface area contributed by atoms with Crippen LogP contribution < -0.4 is 5.73 Å². The van der Waals surface area contributed by atoms with Crippen molar-refractivity contribution in [1.82, 2.24) is 9.80 Å². The van der Waals surface area contributed by atoms with Crippen molar-refractivity contribution >= 4 is 17.6 Å². The number of amides is 1. The Kier molecular flexibility index (Phi) is 6.42.